The molecule has 1 aromatic carbocycles. The molecule has 1 aromatic heterocycles. The minimum Gasteiger partial charge on any atom is -0.411 e. The second kappa shape index (κ2) is 6.18. The Hall–Kier alpha value is -2.35. The van der Waals surface area contributed by atoms with Crippen LogP contribution in [0.4, 0.5) is 4.79 Å². The Labute approximate surface area is 131 Å². The lowest BCUT2D eigenvalue weighted by molar-refractivity contribution is -0.124. The fraction of sp³-hybridized carbons (Fsp3) is 0.286. The Balaban J connectivity index is 1.57. The Bertz CT molecular complexity index is 682. The van der Waals surface area contributed by atoms with Crippen LogP contribution in [-0.4, -0.2) is 45.9 Å². The largest absolute Gasteiger partial charge is 0.411 e. The molecule has 0 radical (unpaired) electrons. The molecular formula is C14H14N4O3S. The van der Waals surface area contributed by atoms with E-state index in [1.807, 2.05) is 31.2 Å². The molecule has 0 unspecified atom stereocenters. The number of aromatic nitrogens is 2. The first kappa shape index (κ1) is 14.6. The maximum Gasteiger partial charge on any atom is 0.324 e. The Morgan fingerprint density at radius 2 is 2.05 bits per heavy atom. The van der Waals surface area contributed by atoms with Gasteiger partial charge >= 0.3 is 6.03 Å². The second-order valence-corrected chi connectivity index (χ2v) is 5.84. The zero-order valence-corrected chi connectivity index (χ0v) is 12.7. The quantitative estimate of drug-likeness (QED) is 0.666. The highest BCUT2D eigenvalue weighted by atomic mass is 32.2. The van der Waals surface area contributed by atoms with Crippen LogP contribution in [-0.2, 0) is 4.79 Å². The summed E-state index contributed by atoms with van der Waals surface area (Å²) in [6, 6.07) is 7.44. The molecule has 0 bridgehead atoms. The molecule has 1 aliphatic heterocycles. The van der Waals surface area contributed by atoms with E-state index in [0.29, 0.717) is 23.4 Å². The summed E-state index contributed by atoms with van der Waals surface area (Å²) in [5, 5.41) is 10.9. The molecule has 7 nitrogen and oxygen atoms in total. The van der Waals surface area contributed by atoms with E-state index in [4.69, 9.17) is 4.42 Å². The lowest BCUT2D eigenvalue weighted by Crippen LogP contribution is -2.32. The average molecular weight is 318 g/mol. The van der Waals surface area contributed by atoms with E-state index >= 15 is 0 Å². The lowest BCUT2D eigenvalue weighted by Gasteiger charge is -2.10. The van der Waals surface area contributed by atoms with Crippen LogP contribution in [0.15, 0.2) is 33.9 Å². The van der Waals surface area contributed by atoms with Gasteiger partial charge in [-0.25, -0.2) is 4.79 Å². The fourth-order valence-electron chi connectivity index (χ4n) is 1.99. The Kier molecular flexibility index (Phi) is 4.10. The van der Waals surface area contributed by atoms with Crippen molar-refractivity contribution >= 4 is 23.7 Å². The van der Waals surface area contributed by atoms with Gasteiger partial charge in [0.1, 0.15) is 0 Å². The van der Waals surface area contributed by atoms with Crippen molar-refractivity contribution in [2.45, 2.75) is 12.1 Å². The van der Waals surface area contributed by atoms with Gasteiger partial charge in [0.25, 0.3) is 5.22 Å². The predicted molar refractivity (Wildman–Crippen MR) is 80.3 cm³/mol. The number of aryl methyl sites for hydroxylation is 1. The molecule has 3 rings (SSSR count). The number of imide groups is 1. The van der Waals surface area contributed by atoms with Gasteiger partial charge in [-0.05, 0) is 19.1 Å². The molecule has 0 aliphatic carbocycles. The van der Waals surface area contributed by atoms with Crippen LogP contribution in [0.25, 0.3) is 11.5 Å². The van der Waals surface area contributed by atoms with Crippen LogP contribution in [0.1, 0.15) is 5.56 Å². The number of hydrogen-bond donors (Lipinski definition) is 1. The van der Waals surface area contributed by atoms with Gasteiger partial charge in [0, 0.05) is 17.9 Å². The molecular weight excluding hydrogens is 304 g/mol. The van der Waals surface area contributed by atoms with Crippen molar-refractivity contribution in [3.05, 3.63) is 29.8 Å². The Morgan fingerprint density at radius 3 is 2.73 bits per heavy atom. The first-order valence-electron chi connectivity index (χ1n) is 6.75. The lowest BCUT2D eigenvalue weighted by atomic mass is 10.1. The van der Waals surface area contributed by atoms with Crippen LogP contribution >= 0.6 is 11.8 Å². The predicted octanol–water partition coefficient (Wildman–Crippen LogP) is 1.69. The normalized spacial score (nSPS) is 14.5. The number of amides is 3. The van der Waals surface area contributed by atoms with Crippen molar-refractivity contribution in [1.29, 1.82) is 0 Å². The van der Waals surface area contributed by atoms with Crippen molar-refractivity contribution in [3.63, 3.8) is 0 Å². The summed E-state index contributed by atoms with van der Waals surface area (Å²) in [7, 11) is 0. The van der Waals surface area contributed by atoms with Crippen LogP contribution in [0.3, 0.4) is 0 Å². The third kappa shape index (κ3) is 3.11. The SMILES string of the molecule is Cc1ccc(-c2nnc(SCCN3C(=O)CNC3=O)o2)cc1. The van der Waals surface area contributed by atoms with E-state index < -0.39 is 0 Å². The van der Waals surface area contributed by atoms with Crippen LogP contribution < -0.4 is 5.32 Å². The van der Waals surface area contributed by atoms with Crippen LogP contribution in [0.5, 0.6) is 0 Å². The van der Waals surface area contributed by atoms with E-state index in [0.717, 1.165) is 11.1 Å². The number of rotatable bonds is 5. The van der Waals surface area contributed by atoms with E-state index in [9.17, 15) is 9.59 Å². The van der Waals surface area contributed by atoms with Gasteiger partial charge in [-0.15, -0.1) is 10.2 Å². The van der Waals surface area contributed by atoms with Crippen molar-refractivity contribution in [2.24, 2.45) is 0 Å². The zero-order chi connectivity index (χ0) is 15.5. The zero-order valence-electron chi connectivity index (χ0n) is 11.9. The standard InChI is InChI=1S/C14H14N4O3S/c1-9-2-4-10(5-3-9)12-16-17-14(21-12)22-7-6-18-11(19)8-15-13(18)20/h2-5H,6-8H2,1H3,(H,15,20). The summed E-state index contributed by atoms with van der Waals surface area (Å²) in [5.74, 6) is 0.753. The number of urea groups is 1. The third-order valence-electron chi connectivity index (χ3n) is 3.18. The van der Waals surface area contributed by atoms with Gasteiger partial charge in [0.15, 0.2) is 0 Å². The van der Waals surface area contributed by atoms with Crippen molar-refractivity contribution < 1.29 is 14.0 Å². The number of thioether (sulfide) groups is 1. The third-order valence-corrected chi connectivity index (χ3v) is 3.98. The van der Waals surface area contributed by atoms with Gasteiger partial charge in [-0.1, -0.05) is 29.5 Å². The van der Waals surface area contributed by atoms with Gasteiger partial charge < -0.3 is 9.73 Å². The van der Waals surface area contributed by atoms with Crippen molar-refractivity contribution in [1.82, 2.24) is 20.4 Å². The summed E-state index contributed by atoms with van der Waals surface area (Å²) in [5.41, 5.74) is 2.02. The number of carbonyl (C=O) groups is 2. The monoisotopic (exact) mass is 318 g/mol. The summed E-state index contributed by atoms with van der Waals surface area (Å²) in [4.78, 5) is 24.0. The molecule has 1 N–H and O–H groups in total. The highest BCUT2D eigenvalue weighted by molar-refractivity contribution is 7.99. The molecule has 3 amide bonds. The minimum atomic E-state index is -0.350. The molecule has 1 aliphatic rings. The first-order valence-corrected chi connectivity index (χ1v) is 7.73. The summed E-state index contributed by atoms with van der Waals surface area (Å²) < 4.78 is 5.56. The highest BCUT2D eigenvalue weighted by Crippen LogP contribution is 2.23. The molecule has 114 valence electrons. The van der Waals surface area contributed by atoms with Gasteiger partial charge in [0.2, 0.25) is 11.8 Å². The fourth-order valence-corrected chi connectivity index (χ4v) is 2.67. The van der Waals surface area contributed by atoms with Crippen molar-refractivity contribution in [2.75, 3.05) is 18.8 Å². The molecule has 0 spiro atoms. The molecule has 0 saturated carbocycles. The number of nitrogens with one attached hydrogen (secondary N) is 1. The molecule has 0 atom stereocenters. The molecule has 2 heterocycles. The number of carbonyl (C=O) groups excluding carboxylic acids is 2. The second-order valence-electron chi connectivity index (χ2n) is 4.79. The highest BCUT2D eigenvalue weighted by Gasteiger charge is 2.27. The van der Waals surface area contributed by atoms with E-state index in [2.05, 4.69) is 15.5 Å². The number of nitrogens with zero attached hydrogens (tertiary/aromatic N) is 3. The maximum absolute atomic E-state index is 11.4. The summed E-state index contributed by atoms with van der Waals surface area (Å²) in [6.07, 6.45) is 0. The average Bonchev–Trinajstić information content (AvgIpc) is 3.10. The molecule has 2 aromatic rings. The van der Waals surface area contributed by atoms with E-state index in [1.165, 1.54) is 16.7 Å². The first-order chi connectivity index (χ1) is 10.6. The Morgan fingerprint density at radius 1 is 1.27 bits per heavy atom. The van der Waals surface area contributed by atoms with Gasteiger partial charge in [0.05, 0.1) is 6.54 Å². The van der Waals surface area contributed by atoms with Gasteiger partial charge in [-0.2, -0.15) is 0 Å². The van der Waals surface area contributed by atoms with Crippen molar-refractivity contribution in [3.8, 4) is 11.5 Å². The summed E-state index contributed by atoms with van der Waals surface area (Å²) in [6.45, 7) is 2.40. The summed E-state index contributed by atoms with van der Waals surface area (Å²) >= 11 is 1.32. The van der Waals surface area contributed by atoms with Crippen LogP contribution in [0, 0.1) is 6.92 Å². The molecule has 1 saturated heterocycles. The molecule has 8 heteroatoms. The maximum atomic E-state index is 11.4. The molecule has 22 heavy (non-hydrogen) atoms. The van der Waals surface area contributed by atoms with Gasteiger partial charge in [-0.3, -0.25) is 9.69 Å². The minimum absolute atomic E-state index is 0.0711. The van der Waals surface area contributed by atoms with E-state index in [1.54, 1.807) is 0 Å². The number of benzene rings is 1. The molecule has 1 fully saturated rings. The van der Waals surface area contributed by atoms with E-state index in [-0.39, 0.29) is 18.5 Å². The van der Waals surface area contributed by atoms with Crippen LogP contribution in [0.2, 0.25) is 0 Å². The number of hydrogen-bond acceptors (Lipinski definition) is 6. The topological polar surface area (TPSA) is 88.3 Å². The smallest absolute Gasteiger partial charge is 0.324 e.